The molecule has 0 saturated carbocycles. The Bertz CT molecular complexity index is 1560. The second-order valence-corrected chi connectivity index (χ2v) is 9.09. The second-order valence-electron chi connectivity index (χ2n) is 6.73. The monoisotopic (exact) mass is 459 g/mol. The van der Waals surface area contributed by atoms with Gasteiger partial charge >= 0.3 is 0 Å². The third-order valence-electron chi connectivity index (χ3n) is 4.82. The lowest BCUT2D eigenvalue weighted by Crippen LogP contribution is -2.17. The molecular weight excluding hydrogens is 446 g/mol. The van der Waals surface area contributed by atoms with Gasteiger partial charge in [-0.25, -0.2) is 4.98 Å². The first-order valence-electron chi connectivity index (χ1n) is 9.40. The Morgan fingerprint density at radius 2 is 2.03 bits per heavy atom. The number of amides is 1. The summed E-state index contributed by atoms with van der Waals surface area (Å²) in [6.07, 6.45) is 5.58. The Balaban J connectivity index is 1.73. The van der Waals surface area contributed by atoms with Gasteiger partial charge in [0.25, 0.3) is 5.91 Å². The van der Waals surface area contributed by atoms with Crippen LogP contribution in [0.15, 0.2) is 71.0 Å². The van der Waals surface area contributed by atoms with Gasteiger partial charge in [0.15, 0.2) is 4.80 Å². The molecule has 0 N–H and O–H groups in total. The van der Waals surface area contributed by atoms with E-state index in [0.717, 1.165) is 31.7 Å². The normalized spacial score (nSPS) is 11.8. The molecule has 0 radical (unpaired) electrons. The summed E-state index contributed by atoms with van der Waals surface area (Å²) in [4.78, 5) is 24.1. The van der Waals surface area contributed by atoms with Crippen LogP contribution >= 0.6 is 34.3 Å². The first-order valence-corrected chi connectivity index (χ1v) is 11.5. The topological polar surface area (TPSA) is 47.2 Å². The molecule has 0 aliphatic rings. The van der Waals surface area contributed by atoms with Crippen LogP contribution in [0.4, 0.5) is 0 Å². The van der Waals surface area contributed by atoms with Crippen LogP contribution in [0, 0.1) is 12.3 Å². The van der Waals surface area contributed by atoms with E-state index in [0.29, 0.717) is 15.4 Å². The quantitative estimate of drug-likeness (QED) is 0.310. The molecule has 5 rings (SSSR count). The largest absolute Gasteiger partial charge is 0.303 e. The smallest absolute Gasteiger partial charge is 0.280 e. The fourth-order valence-electron chi connectivity index (χ4n) is 3.46. The molecule has 2 aromatic carbocycles. The fourth-order valence-corrected chi connectivity index (χ4v) is 5.53. The number of carbonyl (C=O) groups is 1. The van der Waals surface area contributed by atoms with Gasteiger partial charge in [0, 0.05) is 5.39 Å². The molecule has 0 bridgehead atoms. The standard InChI is InChI=1S/C24H14ClN3OS2/c1-2-12-28-22-17(25)8-5-10-21(22)31-24(28)27-23(29)16-14-19(20-11-6-13-30-20)26-18-9-4-3-7-15(16)18/h1,3-11,13-14H,12H2. The minimum Gasteiger partial charge on any atom is -0.303 e. The number of thiophene rings is 1. The van der Waals surface area contributed by atoms with Crippen molar-refractivity contribution in [1.29, 1.82) is 0 Å². The van der Waals surface area contributed by atoms with E-state index in [4.69, 9.17) is 23.0 Å². The van der Waals surface area contributed by atoms with Gasteiger partial charge in [0.2, 0.25) is 0 Å². The average molecular weight is 460 g/mol. The van der Waals surface area contributed by atoms with Crippen LogP contribution in [0.5, 0.6) is 0 Å². The van der Waals surface area contributed by atoms with Crippen LogP contribution in [0.3, 0.4) is 0 Å². The number of nitrogens with zero attached hydrogens (tertiary/aromatic N) is 3. The van der Waals surface area contributed by atoms with Crippen molar-refractivity contribution in [2.75, 3.05) is 0 Å². The second kappa shape index (κ2) is 8.12. The highest BCUT2D eigenvalue weighted by molar-refractivity contribution is 7.16. The van der Waals surface area contributed by atoms with Crippen LogP contribution < -0.4 is 4.80 Å². The highest BCUT2D eigenvalue weighted by Crippen LogP contribution is 2.29. The molecule has 7 heteroatoms. The molecule has 150 valence electrons. The van der Waals surface area contributed by atoms with E-state index < -0.39 is 0 Å². The zero-order chi connectivity index (χ0) is 21.4. The van der Waals surface area contributed by atoms with Crippen molar-refractivity contribution >= 4 is 61.3 Å². The number of pyridine rings is 1. The molecule has 0 unspecified atom stereocenters. The Morgan fingerprint density at radius 3 is 2.84 bits per heavy atom. The van der Waals surface area contributed by atoms with Crippen LogP contribution in [0.2, 0.25) is 5.02 Å². The number of benzene rings is 2. The summed E-state index contributed by atoms with van der Waals surface area (Å²) in [5.74, 6) is 2.29. The number of aromatic nitrogens is 2. The number of terminal acetylenes is 1. The maximum absolute atomic E-state index is 13.4. The van der Waals surface area contributed by atoms with Crippen molar-refractivity contribution < 1.29 is 4.79 Å². The first kappa shape index (κ1) is 19.7. The summed E-state index contributed by atoms with van der Waals surface area (Å²) in [6.45, 7) is 0.271. The van der Waals surface area contributed by atoms with Crippen LogP contribution in [-0.4, -0.2) is 15.5 Å². The molecule has 3 heterocycles. The highest BCUT2D eigenvalue weighted by Gasteiger charge is 2.16. The minimum absolute atomic E-state index is 0.271. The zero-order valence-corrected chi connectivity index (χ0v) is 18.5. The van der Waals surface area contributed by atoms with Gasteiger partial charge in [-0.15, -0.1) is 17.8 Å². The Hall–Kier alpha value is -3.24. The SMILES string of the molecule is C#CCn1c(=NC(=O)c2cc(-c3cccs3)nc3ccccc23)sc2cccc(Cl)c21. The fraction of sp³-hybridized carbons (Fsp3) is 0.0417. The van der Waals surface area contributed by atoms with Gasteiger partial charge in [0.05, 0.1) is 43.4 Å². The summed E-state index contributed by atoms with van der Waals surface area (Å²) < 4.78 is 2.73. The number of fused-ring (bicyclic) bond motifs is 2. The highest BCUT2D eigenvalue weighted by atomic mass is 35.5. The Kier molecular flexibility index (Phi) is 5.16. The first-order chi connectivity index (χ1) is 15.2. The number of para-hydroxylation sites is 2. The molecule has 4 nitrogen and oxygen atoms in total. The van der Waals surface area contributed by atoms with E-state index in [1.54, 1.807) is 17.4 Å². The lowest BCUT2D eigenvalue weighted by molar-refractivity contribution is 0.0999. The number of carbonyl (C=O) groups excluding carboxylic acids is 1. The molecule has 5 aromatic rings. The molecule has 3 aromatic heterocycles. The molecule has 0 atom stereocenters. The summed E-state index contributed by atoms with van der Waals surface area (Å²) in [7, 11) is 0. The van der Waals surface area contributed by atoms with Gasteiger partial charge < -0.3 is 4.57 Å². The predicted octanol–water partition coefficient (Wildman–Crippen LogP) is 6.01. The molecular formula is C24H14ClN3OS2. The Labute approximate surface area is 191 Å². The number of hydrogen-bond acceptors (Lipinski definition) is 4. The van der Waals surface area contributed by atoms with E-state index in [2.05, 4.69) is 10.9 Å². The molecule has 1 amide bonds. The van der Waals surface area contributed by atoms with Crippen molar-refractivity contribution in [2.45, 2.75) is 6.54 Å². The van der Waals surface area contributed by atoms with Gasteiger partial charge in [0.1, 0.15) is 0 Å². The summed E-state index contributed by atoms with van der Waals surface area (Å²) in [5.41, 5.74) is 2.80. The van der Waals surface area contributed by atoms with Gasteiger partial charge in [-0.3, -0.25) is 4.79 Å². The van der Waals surface area contributed by atoms with Gasteiger partial charge in [-0.2, -0.15) is 4.99 Å². The maximum atomic E-state index is 13.4. The van der Waals surface area contributed by atoms with Crippen molar-refractivity contribution in [1.82, 2.24) is 9.55 Å². The average Bonchev–Trinajstić information content (AvgIpc) is 3.43. The summed E-state index contributed by atoms with van der Waals surface area (Å²) >= 11 is 9.37. The molecule has 0 saturated heterocycles. The van der Waals surface area contributed by atoms with E-state index in [1.807, 2.05) is 64.5 Å². The number of hydrogen-bond donors (Lipinski definition) is 0. The number of halogens is 1. The summed E-state index contributed by atoms with van der Waals surface area (Å²) in [5, 5.41) is 3.33. The van der Waals surface area contributed by atoms with Gasteiger partial charge in [-0.05, 0) is 35.7 Å². The van der Waals surface area contributed by atoms with Crippen LogP contribution in [0.25, 0.3) is 31.7 Å². The zero-order valence-electron chi connectivity index (χ0n) is 16.1. The molecule has 0 aliphatic heterocycles. The van der Waals surface area contributed by atoms with Crippen LogP contribution in [0.1, 0.15) is 10.4 Å². The lowest BCUT2D eigenvalue weighted by atomic mass is 10.1. The van der Waals surface area contributed by atoms with Gasteiger partial charge in [-0.1, -0.05) is 59.2 Å². The third kappa shape index (κ3) is 3.57. The minimum atomic E-state index is -0.343. The van der Waals surface area contributed by atoms with E-state index >= 15 is 0 Å². The molecule has 0 spiro atoms. The number of thiazole rings is 1. The van der Waals surface area contributed by atoms with Crippen molar-refractivity contribution in [2.24, 2.45) is 4.99 Å². The van der Waals surface area contributed by atoms with Crippen molar-refractivity contribution in [3.8, 4) is 22.9 Å². The number of rotatable bonds is 3. The molecule has 31 heavy (non-hydrogen) atoms. The van der Waals surface area contributed by atoms with Crippen LogP contribution in [-0.2, 0) is 6.54 Å². The molecule has 0 fully saturated rings. The van der Waals surface area contributed by atoms with E-state index in [1.165, 1.54) is 11.3 Å². The summed E-state index contributed by atoms with van der Waals surface area (Å²) in [6, 6.07) is 19.0. The Morgan fingerprint density at radius 1 is 1.16 bits per heavy atom. The predicted molar refractivity (Wildman–Crippen MR) is 129 cm³/mol. The lowest BCUT2D eigenvalue weighted by Gasteiger charge is -2.06. The van der Waals surface area contributed by atoms with Crippen molar-refractivity contribution in [3.63, 3.8) is 0 Å². The van der Waals surface area contributed by atoms with E-state index in [9.17, 15) is 4.79 Å². The maximum Gasteiger partial charge on any atom is 0.280 e. The van der Waals surface area contributed by atoms with E-state index in [-0.39, 0.29) is 12.5 Å². The third-order valence-corrected chi connectivity index (χ3v) is 7.06. The van der Waals surface area contributed by atoms with Crippen molar-refractivity contribution in [3.05, 3.63) is 81.4 Å². The molecule has 0 aliphatic carbocycles.